The summed E-state index contributed by atoms with van der Waals surface area (Å²) in [7, 11) is 0. The molecule has 0 unspecified atom stereocenters. The number of anilines is 1. The number of amides is 1. The van der Waals surface area contributed by atoms with Crippen LogP contribution in [0.15, 0.2) is 24.4 Å². The van der Waals surface area contributed by atoms with Crippen LogP contribution in [0.5, 0.6) is 0 Å². The quantitative estimate of drug-likeness (QED) is 0.886. The van der Waals surface area contributed by atoms with Crippen molar-refractivity contribution >= 4 is 34.0 Å². The van der Waals surface area contributed by atoms with E-state index in [0.717, 1.165) is 21.0 Å². The zero-order valence-electron chi connectivity index (χ0n) is 11.9. The average molecular weight is 325 g/mol. The Morgan fingerprint density at radius 2 is 2.29 bits per heavy atom. The normalized spacial score (nSPS) is 12.2. The first-order valence-corrected chi connectivity index (χ1v) is 7.87. The molecule has 0 saturated heterocycles. The molecule has 0 bridgehead atoms. The lowest BCUT2D eigenvalue weighted by Gasteiger charge is -2.05. The lowest BCUT2D eigenvalue weighted by Crippen LogP contribution is -2.26. The Bertz CT molecular complexity index is 642. The number of carbonyl (C=O) groups excluding carboxylic acids is 1. The van der Waals surface area contributed by atoms with E-state index in [1.807, 2.05) is 25.1 Å². The van der Waals surface area contributed by atoms with E-state index in [1.54, 1.807) is 13.1 Å². The third-order valence-corrected chi connectivity index (χ3v) is 4.41. The summed E-state index contributed by atoms with van der Waals surface area (Å²) in [6.45, 7) is 3.71. The number of halogens is 1. The van der Waals surface area contributed by atoms with Crippen molar-refractivity contribution in [2.24, 2.45) is 0 Å². The number of nitrogens with one attached hydrogen (secondary N) is 1. The van der Waals surface area contributed by atoms with Gasteiger partial charge in [-0.2, -0.15) is 0 Å². The second kappa shape index (κ2) is 7.02. The van der Waals surface area contributed by atoms with Crippen molar-refractivity contribution in [3.8, 4) is 0 Å². The van der Waals surface area contributed by atoms with Gasteiger partial charge in [-0.1, -0.05) is 30.7 Å². The number of aromatic nitrogens is 1. The van der Waals surface area contributed by atoms with E-state index in [2.05, 4.69) is 10.3 Å². The molecule has 2 aromatic rings. The molecule has 1 atom stereocenters. The second-order valence-corrected chi connectivity index (χ2v) is 6.33. The molecular weight excluding hydrogens is 308 g/mol. The maximum atomic E-state index is 11.6. The van der Waals surface area contributed by atoms with Crippen LogP contribution in [0.25, 0.3) is 0 Å². The summed E-state index contributed by atoms with van der Waals surface area (Å²) in [5, 5.41) is 13.3. The number of carbonyl (C=O) groups is 1. The number of aliphatic hydroxyl groups is 1. The monoisotopic (exact) mass is 324 g/mol. The third kappa shape index (κ3) is 4.27. The van der Waals surface area contributed by atoms with E-state index in [0.29, 0.717) is 18.0 Å². The Balaban J connectivity index is 2.03. The maximum absolute atomic E-state index is 11.6. The van der Waals surface area contributed by atoms with E-state index in [9.17, 15) is 9.90 Å². The highest BCUT2D eigenvalue weighted by Crippen LogP contribution is 2.24. The van der Waals surface area contributed by atoms with Gasteiger partial charge in [-0.25, -0.2) is 4.98 Å². The summed E-state index contributed by atoms with van der Waals surface area (Å²) in [5.41, 5.74) is 2.15. The number of rotatable bonds is 5. The summed E-state index contributed by atoms with van der Waals surface area (Å²) < 4.78 is 0. The molecule has 0 fully saturated rings. The van der Waals surface area contributed by atoms with Crippen LogP contribution >= 0.6 is 22.9 Å². The largest absolute Gasteiger partial charge is 0.383 e. The summed E-state index contributed by atoms with van der Waals surface area (Å²) >= 11 is 7.50. The highest BCUT2D eigenvalue weighted by atomic mass is 35.5. The van der Waals surface area contributed by atoms with Gasteiger partial charge < -0.3 is 5.11 Å². The highest BCUT2D eigenvalue weighted by Gasteiger charge is 2.14. The highest BCUT2D eigenvalue weighted by molar-refractivity contribution is 7.15. The van der Waals surface area contributed by atoms with Gasteiger partial charge in [-0.05, 0) is 30.5 Å². The van der Waals surface area contributed by atoms with Crippen LogP contribution < -0.4 is 5.32 Å². The Labute approximate surface area is 132 Å². The first-order valence-electron chi connectivity index (χ1n) is 6.68. The molecule has 0 aliphatic carbocycles. The van der Waals surface area contributed by atoms with Crippen LogP contribution in [0.2, 0.25) is 5.02 Å². The Morgan fingerprint density at radius 3 is 2.95 bits per heavy atom. The molecule has 0 spiro atoms. The number of aryl methyl sites for hydroxylation is 1. The van der Waals surface area contributed by atoms with Crippen molar-refractivity contribution < 1.29 is 9.90 Å². The number of aliphatic hydroxyl groups excluding tert-OH is 1. The molecule has 112 valence electrons. The SMILES string of the molecule is CC[C@@H](O)C(=O)Nc1ncc(Cc2ccc(C)c(Cl)c2)s1. The Kier molecular flexibility index (Phi) is 5.33. The molecular formula is C15H17ClN2O2S. The van der Waals surface area contributed by atoms with Gasteiger partial charge in [0.15, 0.2) is 5.13 Å². The fraction of sp³-hybridized carbons (Fsp3) is 0.333. The van der Waals surface area contributed by atoms with Gasteiger partial charge in [0.05, 0.1) is 0 Å². The van der Waals surface area contributed by atoms with Crippen molar-refractivity contribution in [2.75, 3.05) is 5.32 Å². The van der Waals surface area contributed by atoms with Crippen molar-refractivity contribution in [3.05, 3.63) is 45.4 Å². The number of nitrogens with zero attached hydrogens (tertiary/aromatic N) is 1. The van der Waals surface area contributed by atoms with Gasteiger partial charge in [0.25, 0.3) is 5.91 Å². The van der Waals surface area contributed by atoms with Gasteiger partial charge in [0.1, 0.15) is 6.10 Å². The van der Waals surface area contributed by atoms with E-state index < -0.39 is 12.0 Å². The van der Waals surface area contributed by atoms with Crippen molar-refractivity contribution in [3.63, 3.8) is 0 Å². The smallest absolute Gasteiger partial charge is 0.254 e. The molecule has 1 aromatic heterocycles. The number of hydrogen-bond acceptors (Lipinski definition) is 4. The van der Waals surface area contributed by atoms with Crippen LogP contribution in [-0.2, 0) is 11.2 Å². The first kappa shape index (κ1) is 15.9. The predicted octanol–water partition coefficient (Wildman–Crippen LogP) is 3.41. The molecule has 0 aliphatic rings. The summed E-state index contributed by atoms with van der Waals surface area (Å²) in [6, 6.07) is 5.95. The predicted molar refractivity (Wildman–Crippen MR) is 86.0 cm³/mol. The van der Waals surface area contributed by atoms with Crippen molar-refractivity contribution in [1.82, 2.24) is 4.98 Å². The zero-order chi connectivity index (χ0) is 15.4. The molecule has 2 N–H and O–H groups in total. The van der Waals surface area contributed by atoms with Crippen LogP contribution in [0.4, 0.5) is 5.13 Å². The molecule has 0 aliphatic heterocycles. The fourth-order valence-electron chi connectivity index (χ4n) is 1.77. The first-order chi connectivity index (χ1) is 9.99. The molecule has 1 aromatic carbocycles. The molecule has 2 rings (SSSR count). The molecule has 21 heavy (non-hydrogen) atoms. The summed E-state index contributed by atoms with van der Waals surface area (Å²) in [5.74, 6) is -0.420. The maximum Gasteiger partial charge on any atom is 0.254 e. The minimum Gasteiger partial charge on any atom is -0.383 e. The van der Waals surface area contributed by atoms with Gasteiger partial charge in [0, 0.05) is 22.5 Å². The molecule has 6 heteroatoms. The lowest BCUT2D eigenvalue weighted by atomic mass is 10.1. The van der Waals surface area contributed by atoms with E-state index in [-0.39, 0.29) is 0 Å². The van der Waals surface area contributed by atoms with E-state index in [1.165, 1.54) is 11.3 Å². The van der Waals surface area contributed by atoms with Crippen molar-refractivity contribution in [2.45, 2.75) is 32.8 Å². The number of benzene rings is 1. The minimum absolute atomic E-state index is 0.381. The molecule has 1 amide bonds. The van der Waals surface area contributed by atoms with E-state index in [4.69, 9.17) is 11.6 Å². The third-order valence-electron chi connectivity index (χ3n) is 3.09. The van der Waals surface area contributed by atoms with Crippen molar-refractivity contribution in [1.29, 1.82) is 0 Å². The Morgan fingerprint density at radius 1 is 1.52 bits per heavy atom. The molecule has 4 nitrogen and oxygen atoms in total. The topological polar surface area (TPSA) is 62.2 Å². The van der Waals surface area contributed by atoms with Gasteiger partial charge in [-0.3, -0.25) is 10.1 Å². The summed E-state index contributed by atoms with van der Waals surface area (Å²) in [6.07, 6.45) is 1.83. The van der Waals surface area contributed by atoms with Gasteiger partial charge >= 0.3 is 0 Å². The standard InChI is InChI=1S/C15H17ClN2O2S/c1-3-13(19)14(20)18-15-17-8-11(21-15)6-10-5-4-9(2)12(16)7-10/h4-5,7-8,13,19H,3,6H2,1-2H3,(H,17,18,20)/t13-/m1/s1. The minimum atomic E-state index is -0.992. The summed E-state index contributed by atoms with van der Waals surface area (Å²) in [4.78, 5) is 16.8. The average Bonchev–Trinajstić information content (AvgIpc) is 2.89. The van der Waals surface area contributed by atoms with Gasteiger partial charge in [0.2, 0.25) is 0 Å². The van der Waals surface area contributed by atoms with Gasteiger partial charge in [-0.15, -0.1) is 11.3 Å². The second-order valence-electron chi connectivity index (χ2n) is 4.81. The van der Waals surface area contributed by atoms with Crippen LogP contribution in [0.3, 0.4) is 0 Å². The van der Waals surface area contributed by atoms with Crippen LogP contribution in [0, 0.1) is 6.92 Å². The van der Waals surface area contributed by atoms with Crippen LogP contribution in [0.1, 0.15) is 29.3 Å². The number of hydrogen-bond donors (Lipinski definition) is 2. The molecule has 0 saturated carbocycles. The fourth-order valence-corrected chi connectivity index (χ4v) is 2.82. The number of thiazole rings is 1. The van der Waals surface area contributed by atoms with Crippen LogP contribution in [-0.4, -0.2) is 22.1 Å². The van der Waals surface area contributed by atoms with E-state index >= 15 is 0 Å². The molecule has 0 radical (unpaired) electrons. The molecule has 1 heterocycles. The Hall–Kier alpha value is -1.43. The zero-order valence-corrected chi connectivity index (χ0v) is 13.5. The lowest BCUT2D eigenvalue weighted by molar-refractivity contribution is -0.124.